The minimum Gasteiger partial charge on any atom is -0.317 e. The van der Waals surface area contributed by atoms with Crippen LogP contribution < -0.4 is 10.0 Å². The molecule has 0 aliphatic heterocycles. The second kappa shape index (κ2) is 5.48. The molecule has 0 unspecified atom stereocenters. The average Bonchev–Trinajstić information content (AvgIpc) is 2.94. The summed E-state index contributed by atoms with van der Waals surface area (Å²) < 4.78 is 27.0. The molecule has 4 nitrogen and oxygen atoms in total. The van der Waals surface area contributed by atoms with Crippen LogP contribution in [-0.4, -0.2) is 27.5 Å². The lowest BCUT2D eigenvalue weighted by Gasteiger charge is -2.01. The van der Waals surface area contributed by atoms with Gasteiger partial charge in [0.15, 0.2) is 0 Å². The molecule has 1 fully saturated rings. The molecule has 0 radical (unpaired) electrons. The monoisotopic (exact) mass is 274 g/mol. The van der Waals surface area contributed by atoms with Gasteiger partial charge in [0, 0.05) is 10.9 Å². The lowest BCUT2D eigenvalue weighted by molar-refractivity contribution is 0.583. The SMILES string of the molecule is CCNCCc1ccc(S(=O)(=O)NC2CC2)s1. The van der Waals surface area contributed by atoms with Crippen molar-refractivity contribution in [3.63, 3.8) is 0 Å². The van der Waals surface area contributed by atoms with Crippen molar-refractivity contribution in [1.29, 1.82) is 0 Å². The molecule has 0 saturated heterocycles. The van der Waals surface area contributed by atoms with E-state index in [0.29, 0.717) is 4.21 Å². The minimum atomic E-state index is -3.26. The van der Waals surface area contributed by atoms with Crippen LogP contribution in [0.1, 0.15) is 24.6 Å². The summed E-state index contributed by atoms with van der Waals surface area (Å²) in [6.07, 6.45) is 2.83. The Morgan fingerprint density at radius 2 is 2.18 bits per heavy atom. The van der Waals surface area contributed by atoms with E-state index in [2.05, 4.69) is 17.0 Å². The third kappa shape index (κ3) is 3.77. The van der Waals surface area contributed by atoms with Gasteiger partial charge in [0.2, 0.25) is 10.0 Å². The van der Waals surface area contributed by atoms with Gasteiger partial charge < -0.3 is 5.32 Å². The van der Waals surface area contributed by atoms with E-state index in [9.17, 15) is 8.42 Å². The van der Waals surface area contributed by atoms with Gasteiger partial charge in [0.1, 0.15) is 4.21 Å². The topological polar surface area (TPSA) is 58.2 Å². The smallest absolute Gasteiger partial charge is 0.250 e. The Morgan fingerprint density at radius 1 is 1.41 bits per heavy atom. The van der Waals surface area contributed by atoms with Crippen LogP contribution in [0.25, 0.3) is 0 Å². The normalized spacial score (nSPS) is 16.3. The number of nitrogens with one attached hydrogen (secondary N) is 2. The van der Waals surface area contributed by atoms with Crippen molar-refractivity contribution in [2.75, 3.05) is 13.1 Å². The summed E-state index contributed by atoms with van der Waals surface area (Å²) in [5.41, 5.74) is 0. The van der Waals surface area contributed by atoms with Crippen molar-refractivity contribution < 1.29 is 8.42 Å². The summed E-state index contributed by atoms with van der Waals surface area (Å²) in [5.74, 6) is 0. The van der Waals surface area contributed by atoms with Crippen LogP contribution in [0.4, 0.5) is 0 Å². The van der Waals surface area contributed by atoms with Crippen LogP contribution in [-0.2, 0) is 16.4 Å². The van der Waals surface area contributed by atoms with Gasteiger partial charge in [-0.1, -0.05) is 6.92 Å². The molecule has 1 aromatic rings. The molecule has 1 aliphatic rings. The molecule has 2 N–H and O–H groups in total. The predicted octanol–water partition coefficient (Wildman–Crippen LogP) is 1.34. The molecule has 17 heavy (non-hydrogen) atoms. The standard InChI is InChI=1S/C11H18N2O2S2/c1-2-12-8-7-10-5-6-11(16-10)17(14,15)13-9-3-4-9/h5-6,9,12-13H,2-4,7-8H2,1H3. The summed E-state index contributed by atoms with van der Waals surface area (Å²) in [4.78, 5) is 1.11. The minimum absolute atomic E-state index is 0.173. The van der Waals surface area contributed by atoms with Crippen LogP contribution in [0.2, 0.25) is 0 Å². The number of sulfonamides is 1. The molecular weight excluding hydrogens is 256 g/mol. The summed E-state index contributed by atoms with van der Waals surface area (Å²) in [5, 5.41) is 3.23. The van der Waals surface area contributed by atoms with E-state index >= 15 is 0 Å². The highest BCUT2D eigenvalue weighted by atomic mass is 32.2. The van der Waals surface area contributed by atoms with E-state index in [1.807, 2.05) is 6.07 Å². The third-order valence-electron chi connectivity index (χ3n) is 2.60. The second-order valence-corrected chi connectivity index (χ2v) is 7.33. The molecule has 0 amide bonds. The zero-order valence-corrected chi connectivity index (χ0v) is 11.5. The molecule has 2 rings (SSSR count). The van der Waals surface area contributed by atoms with Crippen molar-refractivity contribution in [2.45, 2.75) is 36.4 Å². The highest BCUT2D eigenvalue weighted by Crippen LogP contribution is 2.26. The second-order valence-electron chi connectivity index (χ2n) is 4.22. The van der Waals surface area contributed by atoms with Gasteiger partial charge in [-0.25, -0.2) is 13.1 Å². The van der Waals surface area contributed by atoms with Crippen LogP contribution >= 0.6 is 11.3 Å². The molecule has 0 bridgehead atoms. The van der Waals surface area contributed by atoms with Gasteiger partial charge in [0.25, 0.3) is 0 Å². The number of likely N-dealkylation sites (N-methyl/N-ethyl adjacent to an activating group) is 1. The molecule has 1 heterocycles. The maximum absolute atomic E-state index is 11.9. The van der Waals surface area contributed by atoms with E-state index in [1.165, 1.54) is 11.3 Å². The Bertz CT molecular complexity index is 464. The van der Waals surface area contributed by atoms with Gasteiger partial charge in [-0.3, -0.25) is 0 Å². The molecule has 0 aromatic carbocycles. The van der Waals surface area contributed by atoms with Crippen LogP contribution in [0.15, 0.2) is 16.3 Å². The first kappa shape index (κ1) is 13.0. The predicted molar refractivity (Wildman–Crippen MR) is 69.9 cm³/mol. The van der Waals surface area contributed by atoms with Gasteiger partial charge >= 0.3 is 0 Å². The molecule has 96 valence electrons. The average molecular weight is 274 g/mol. The van der Waals surface area contributed by atoms with Crippen molar-refractivity contribution >= 4 is 21.4 Å². The van der Waals surface area contributed by atoms with E-state index in [0.717, 1.165) is 37.2 Å². The summed E-state index contributed by atoms with van der Waals surface area (Å²) in [6, 6.07) is 3.78. The van der Waals surface area contributed by atoms with Gasteiger partial charge in [-0.2, -0.15) is 0 Å². The Labute approximate surface area is 106 Å². The first-order chi connectivity index (χ1) is 8.12. The Hall–Kier alpha value is -0.430. The number of hydrogen-bond donors (Lipinski definition) is 2. The zero-order chi connectivity index (χ0) is 12.3. The summed E-state index contributed by atoms with van der Waals surface area (Å²) in [7, 11) is -3.26. The highest BCUT2D eigenvalue weighted by Gasteiger charge is 2.28. The maximum atomic E-state index is 11.9. The lowest BCUT2D eigenvalue weighted by Crippen LogP contribution is -2.24. The van der Waals surface area contributed by atoms with Crippen molar-refractivity contribution in [1.82, 2.24) is 10.0 Å². The van der Waals surface area contributed by atoms with Crippen molar-refractivity contribution in [3.8, 4) is 0 Å². The van der Waals surface area contributed by atoms with E-state index < -0.39 is 10.0 Å². The van der Waals surface area contributed by atoms with Gasteiger partial charge in [0.05, 0.1) is 0 Å². The summed E-state index contributed by atoms with van der Waals surface area (Å²) >= 11 is 1.37. The molecule has 1 aromatic heterocycles. The zero-order valence-electron chi connectivity index (χ0n) is 9.90. The quantitative estimate of drug-likeness (QED) is 0.738. The maximum Gasteiger partial charge on any atom is 0.250 e. The molecule has 1 saturated carbocycles. The van der Waals surface area contributed by atoms with Crippen molar-refractivity contribution in [3.05, 3.63) is 17.0 Å². The fourth-order valence-corrected chi connectivity index (χ4v) is 4.18. The number of thiophene rings is 1. The van der Waals surface area contributed by atoms with Crippen molar-refractivity contribution in [2.24, 2.45) is 0 Å². The van der Waals surface area contributed by atoms with E-state index in [-0.39, 0.29) is 6.04 Å². The number of rotatable bonds is 7. The Morgan fingerprint density at radius 3 is 2.82 bits per heavy atom. The van der Waals surface area contributed by atoms with E-state index in [4.69, 9.17) is 0 Å². The molecule has 1 aliphatic carbocycles. The molecule has 0 spiro atoms. The Balaban J connectivity index is 1.96. The van der Waals surface area contributed by atoms with Crippen LogP contribution in [0, 0.1) is 0 Å². The highest BCUT2D eigenvalue weighted by molar-refractivity contribution is 7.91. The lowest BCUT2D eigenvalue weighted by atomic mass is 10.3. The first-order valence-electron chi connectivity index (χ1n) is 5.93. The molecular formula is C11H18N2O2S2. The van der Waals surface area contributed by atoms with Gasteiger partial charge in [-0.05, 0) is 44.5 Å². The molecule has 6 heteroatoms. The van der Waals surface area contributed by atoms with Gasteiger partial charge in [-0.15, -0.1) is 11.3 Å². The largest absolute Gasteiger partial charge is 0.317 e. The molecule has 0 atom stereocenters. The summed E-state index contributed by atoms with van der Waals surface area (Å²) in [6.45, 7) is 3.90. The third-order valence-corrected chi connectivity index (χ3v) is 5.76. The fourth-order valence-electron chi connectivity index (χ4n) is 1.50. The fraction of sp³-hybridized carbons (Fsp3) is 0.636. The van der Waals surface area contributed by atoms with E-state index in [1.54, 1.807) is 6.07 Å². The Kier molecular flexibility index (Phi) is 4.19. The number of hydrogen-bond acceptors (Lipinski definition) is 4. The van der Waals surface area contributed by atoms with Crippen LogP contribution in [0.5, 0.6) is 0 Å². The van der Waals surface area contributed by atoms with Crippen LogP contribution in [0.3, 0.4) is 0 Å². The first-order valence-corrected chi connectivity index (χ1v) is 8.23.